The topological polar surface area (TPSA) is 93.5 Å². The van der Waals surface area contributed by atoms with Crippen LogP contribution < -0.4 is 15.6 Å². The van der Waals surface area contributed by atoms with Crippen LogP contribution >= 0.6 is 0 Å². The molecule has 0 unspecified atom stereocenters. The summed E-state index contributed by atoms with van der Waals surface area (Å²) >= 11 is 0. The minimum Gasteiger partial charge on any atom is -0.494 e. The second kappa shape index (κ2) is 6.56. The third kappa shape index (κ3) is 3.82. The molecule has 0 atom stereocenters. The fraction of sp³-hybridized carbons (Fsp3) is 0.214. The van der Waals surface area contributed by atoms with Gasteiger partial charge in [-0.2, -0.15) is 0 Å². The molecule has 2 amide bonds. The number of rotatable bonds is 4. The molecule has 2 N–H and O–H groups in total. The van der Waals surface area contributed by atoms with Gasteiger partial charge in [-0.25, -0.2) is 0 Å². The zero-order chi connectivity index (χ0) is 15.2. The molecule has 0 aliphatic heterocycles. The molecule has 7 heteroatoms. The van der Waals surface area contributed by atoms with E-state index >= 15 is 0 Å². The highest BCUT2D eigenvalue weighted by atomic mass is 16.5. The van der Waals surface area contributed by atoms with E-state index in [1.807, 2.05) is 6.92 Å². The van der Waals surface area contributed by atoms with Gasteiger partial charge in [0.25, 0.3) is 5.91 Å². The smallest absolute Gasteiger partial charge is 0.308 e. The zero-order valence-electron chi connectivity index (χ0n) is 11.7. The van der Waals surface area contributed by atoms with Crippen LogP contribution in [0.5, 0.6) is 5.75 Å². The summed E-state index contributed by atoms with van der Waals surface area (Å²) < 4.78 is 10.1. The number of carbonyl (C=O) groups excluding carboxylic acids is 2. The van der Waals surface area contributed by atoms with Gasteiger partial charge in [-0.05, 0) is 38.1 Å². The van der Waals surface area contributed by atoms with Gasteiger partial charge in [0.15, 0.2) is 0 Å². The summed E-state index contributed by atoms with van der Waals surface area (Å²) in [5.41, 5.74) is 5.51. The van der Waals surface area contributed by atoms with Gasteiger partial charge in [-0.1, -0.05) is 5.16 Å². The van der Waals surface area contributed by atoms with Crippen molar-refractivity contribution in [3.63, 3.8) is 0 Å². The van der Waals surface area contributed by atoms with Crippen LogP contribution in [-0.4, -0.2) is 23.6 Å². The standard InChI is InChI=1S/C14H15N3O4/c1-3-20-11-6-4-10(5-7-11)13(18)15-16-14(19)12-8-9(2)17-21-12/h4-8H,3H2,1-2H3,(H,15,18)(H,16,19). The Hall–Kier alpha value is -2.83. The molecule has 110 valence electrons. The Kier molecular flexibility index (Phi) is 4.55. The van der Waals surface area contributed by atoms with Crippen molar-refractivity contribution in [2.24, 2.45) is 0 Å². The lowest BCUT2D eigenvalue weighted by atomic mass is 10.2. The molecule has 0 saturated heterocycles. The fourth-order valence-electron chi connectivity index (χ4n) is 1.59. The molecular formula is C14H15N3O4. The van der Waals surface area contributed by atoms with Gasteiger partial charge in [0.1, 0.15) is 5.75 Å². The Bertz CT molecular complexity index is 634. The van der Waals surface area contributed by atoms with E-state index in [0.717, 1.165) is 0 Å². The number of benzene rings is 1. The maximum absolute atomic E-state index is 11.8. The van der Waals surface area contributed by atoms with E-state index in [9.17, 15) is 9.59 Å². The number of carbonyl (C=O) groups is 2. The lowest BCUT2D eigenvalue weighted by Gasteiger charge is -2.07. The SMILES string of the molecule is CCOc1ccc(C(=O)NNC(=O)c2cc(C)no2)cc1. The average molecular weight is 289 g/mol. The van der Waals surface area contributed by atoms with E-state index in [-0.39, 0.29) is 5.76 Å². The Balaban J connectivity index is 1.90. The van der Waals surface area contributed by atoms with E-state index in [2.05, 4.69) is 16.0 Å². The van der Waals surface area contributed by atoms with Crippen LogP contribution in [0.15, 0.2) is 34.9 Å². The predicted molar refractivity (Wildman–Crippen MR) is 73.8 cm³/mol. The zero-order valence-corrected chi connectivity index (χ0v) is 11.7. The largest absolute Gasteiger partial charge is 0.494 e. The number of ether oxygens (including phenoxy) is 1. The first-order valence-corrected chi connectivity index (χ1v) is 6.37. The summed E-state index contributed by atoms with van der Waals surface area (Å²) in [5.74, 6) is -0.313. The van der Waals surface area contributed by atoms with Crippen LogP contribution in [0.1, 0.15) is 33.5 Å². The summed E-state index contributed by atoms with van der Waals surface area (Å²) in [6, 6.07) is 8.04. The maximum Gasteiger partial charge on any atom is 0.308 e. The molecule has 0 aliphatic carbocycles. The molecule has 1 aromatic heterocycles. The number of hydrazine groups is 1. The van der Waals surface area contributed by atoms with Gasteiger partial charge >= 0.3 is 5.91 Å². The Labute approximate surface area is 121 Å². The van der Waals surface area contributed by atoms with E-state index in [1.54, 1.807) is 31.2 Å². The van der Waals surface area contributed by atoms with E-state index in [0.29, 0.717) is 23.6 Å². The van der Waals surface area contributed by atoms with E-state index < -0.39 is 11.8 Å². The first kappa shape index (κ1) is 14.6. The summed E-state index contributed by atoms with van der Waals surface area (Å²) in [6.07, 6.45) is 0. The van der Waals surface area contributed by atoms with Crippen LogP contribution in [0.3, 0.4) is 0 Å². The van der Waals surface area contributed by atoms with E-state index in [1.165, 1.54) is 6.07 Å². The molecule has 0 saturated carbocycles. The number of hydrogen-bond donors (Lipinski definition) is 2. The summed E-state index contributed by atoms with van der Waals surface area (Å²) in [4.78, 5) is 23.5. The first-order valence-electron chi connectivity index (χ1n) is 6.37. The number of nitrogens with zero attached hydrogens (tertiary/aromatic N) is 1. The molecule has 7 nitrogen and oxygen atoms in total. The lowest BCUT2D eigenvalue weighted by Crippen LogP contribution is -2.41. The van der Waals surface area contributed by atoms with Crippen molar-refractivity contribution < 1.29 is 18.8 Å². The van der Waals surface area contributed by atoms with Crippen molar-refractivity contribution in [1.29, 1.82) is 0 Å². The van der Waals surface area contributed by atoms with Gasteiger partial charge in [0.05, 0.1) is 12.3 Å². The molecular weight excluding hydrogens is 274 g/mol. The molecule has 0 fully saturated rings. The van der Waals surface area contributed by atoms with Gasteiger partial charge in [0.2, 0.25) is 5.76 Å². The lowest BCUT2D eigenvalue weighted by molar-refractivity contribution is 0.0825. The van der Waals surface area contributed by atoms with Crippen LogP contribution in [-0.2, 0) is 0 Å². The highest BCUT2D eigenvalue weighted by Gasteiger charge is 2.13. The van der Waals surface area contributed by atoms with Crippen LogP contribution in [0.2, 0.25) is 0 Å². The summed E-state index contributed by atoms with van der Waals surface area (Å²) in [7, 11) is 0. The van der Waals surface area contributed by atoms with Crippen molar-refractivity contribution in [1.82, 2.24) is 16.0 Å². The third-order valence-corrected chi connectivity index (χ3v) is 2.57. The molecule has 0 aliphatic rings. The molecule has 2 aromatic rings. The number of hydrogen-bond acceptors (Lipinski definition) is 5. The van der Waals surface area contributed by atoms with Crippen molar-refractivity contribution in [2.45, 2.75) is 13.8 Å². The second-order valence-corrected chi connectivity index (χ2v) is 4.20. The third-order valence-electron chi connectivity index (χ3n) is 2.57. The summed E-state index contributed by atoms with van der Waals surface area (Å²) in [5, 5.41) is 3.59. The minimum absolute atomic E-state index is 0.0273. The van der Waals surface area contributed by atoms with Crippen molar-refractivity contribution in [2.75, 3.05) is 6.61 Å². The number of amides is 2. The summed E-state index contributed by atoms with van der Waals surface area (Å²) in [6.45, 7) is 4.12. The Morgan fingerprint density at radius 3 is 2.43 bits per heavy atom. The van der Waals surface area contributed by atoms with Gasteiger partial charge in [-0.15, -0.1) is 0 Å². The molecule has 1 aromatic carbocycles. The predicted octanol–water partition coefficient (Wildman–Crippen LogP) is 1.46. The van der Waals surface area contributed by atoms with Gasteiger partial charge in [-0.3, -0.25) is 20.4 Å². The normalized spacial score (nSPS) is 10.0. The van der Waals surface area contributed by atoms with Gasteiger partial charge < -0.3 is 9.26 Å². The molecule has 2 rings (SSSR count). The quantitative estimate of drug-likeness (QED) is 0.831. The fourth-order valence-corrected chi connectivity index (χ4v) is 1.59. The minimum atomic E-state index is -0.574. The van der Waals surface area contributed by atoms with Gasteiger partial charge in [0, 0.05) is 11.6 Å². The second-order valence-electron chi connectivity index (χ2n) is 4.20. The monoisotopic (exact) mass is 289 g/mol. The highest BCUT2D eigenvalue weighted by Crippen LogP contribution is 2.11. The van der Waals surface area contributed by atoms with Crippen molar-refractivity contribution in [3.8, 4) is 5.75 Å². The number of aromatic nitrogens is 1. The number of nitrogens with one attached hydrogen (secondary N) is 2. The maximum atomic E-state index is 11.8. The van der Waals surface area contributed by atoms with Crippen molar-refractivity contribution in [3.05, 3.63) is 47.3 Å². The molecule has 0 radical (unpaired) electrons. The molecule has 21 heavy (non-hydrogen) atoms. The Morgan fingerprint density at radius 1 is 1.19 bits per heavy atom. The van der Waals surface area contributed by atoms with Crippen LogP contribution in [0.4, 0.5) is 0 Å². The van der Waals surface area contributed by atoms with E-state index in [4.69, 9.17) is 9.26 Å². The number of aryl methyl sites for hydroxylation is 1. The molecule has 0 spiro atoms. The van der Waals surface area contributed by atoms with Crippen LogP contribution in [0, 0.1) is 6.92 Å². The molecule has 0 bridgehead atoms. The molecule has 1 heterocycles. The Morgan fingerprint density at radius 2 is 1.86 bits per heavy atom. The highest BCUT2D eigenvalue weighted by molar-refractivity contribution is 5.97. The van der Waals surface area contributed by atoms with Crippen molar-refractivity contribution >= 4 is 11.8 Å². The first-order chi connectivity index (χ1) is 10.1. The van der Waals surface area contributed by atoms with Crippen LogP contribution in [0.25, 0.3) is 0 Å². The average Bonchev–Trinajstić information content (AvgIpc) is 2.92.